The second-order valence-corrected chi connectivity index (χ2v) is 10.4. The van der Waals surface area contributed by atoms with Gasteiger partial charge in [0.1, 0.15) is 23.5 Å². The Balaban J connectivity index is 3.85. The minimum Gasteiger partial charge on any atom is -0.458 e. The molecule has 0 bridgehead atoms. The zero-order valence-corrected chi connectivity index (χ0v) is 24.5. The molecule has 1 atom stereocenters. The van der Waals surface area contributed by atoms with E-state index in [1.165, 1.54) is 0 Å². The lowest BCUT2D eigenvalue weighted by Gasteiger charge is -2.30. The third kappa shape index (κ3) is 20.1. The van der Waals surface area contributed by atoms with Gasteiger partial charge in [-0.25, -0.2) is 9.59 Å². The quantitative estimate of drug-likeness (QED) is 0.0968. The van der Waals surface area contributed by atoms with E-state index in [2.05, 4.69) is 17.9 Å². The number of hydrogen-bond acceptors (Lipinski definition) is 11. The molecule has 38 heavy (non-hydrogen) atoms. The van der Waals surface area contributed by atoms with Crippen molar-refractivity contribution in [1.29, 1.82) is 0 Å². The molecule has 0 saturated heterocycles. The van der Waals surface area contributed by atoms with Crippen molar-refractivity contribution in [3.8, 4) is 0 Å². The molecule has 0 aliphatic rings. The van der Waals surface area contributed by atoms with Crippen molar-refractivity contribution >= 4 is 36.9 Å². The van der Waals surface area contributed by atoms with Gasteiger partial charge in [-0.1, -0.05) is 0 Å². The van der Waals surface area contributed by atoms with Gasteiger partial charge in [-0.2, -0.15) is 12.6 Å². The monoisotopic (exact) mass is 566 g/mol. The highest BCUT2D eigenvalue weighted by molar-refractivity contribution is 7.80. The van der Waals surface area contributed by atoms with Crippen LogP contribution in [0, 0.1) is 0 Å². The summed E-state index contributed by atoms with van der Waals surface area (Å²) < 4.78 is 32.0. The van der Waals surface area contributed by atoms with Crippen LogP contribution in [-0.2, 0) is 42.8 Å². The van der Waals surface area contributed by atoms with E-state index in [-0.39, 0.29) is 31.9 Å². The lowest BCUT2D eigenvalue weighted by Crippen LogP contribution is -2.49. The SMILES string of the molecule is CC(C)(C)OC(=O)NCCOCCOCCOCCOCCC(=O)N(CC=O)[C@@H](CS)C(=O)OC(C)(C)C. The van der Waals surface area contributed by atoms with E-state index >= 15 is 0 Å². The highest BCUT2D eigenvalue weighted by atomic mass is 32.1. The number of hydrogen-bond donors (Lipinski definition) is 2. The highest BCUT2D eigenvalue weighted by Gasteiger charge is 2.32. The number of carbonyl (C=O) groups is 4. The van der Waals surface area contributed by atoms with Crippen molar-refractivity contribution in [3.63, 3.8) is 0 Å². The molecular formula is C25H46N2O10S. The van der Waals surface area contributed by atoms with Crippen LogP contribution in [-0.4, -0.2) is 118 Å². The van der Waals surface area contributed by atoms with Crippen LogP contribution in [0.15, 0.2) is 0 Å². The summed E-state index contributed by atoms with van der Waals surface area (Å²) >= 11 is 4.15. The van der Waals surface area contributed by atoms with E-state index in [9.17, 15) is 19.2 Å². The predicted molar refractivity (Wildman–Crippen MR) is 143 cm³/mol. The Morgan fingerprint density at radius 1 is 0.789 bits per heavy atom. The number of nitrogens with zero attached hydrogens (tertiary/aromatic N) is 1. The van der Waals surface area contributed by atoms with Gasteiger partial charge in [-0.05, 0) is 41.5 Å². The number of ether oxygens (including phenoxy) is 6. The zero-order valence-electron chi connectivity index (χ0n) is 23.6. The van der Waals surface area contributed by atoms with Gasteiger partial charge in [0.25, 0.3) is 0 Å². The summed E-state index contributed by atoms with van der Waals surface area (Å²) in [5.41, 5.74) is -1.26. The van der Waals surface area contributed by atoms with Crippen molar-refractivity contribution in [3.05, 3.63) is 0 Å². The molecule has 0 aromatic carbocycles. The van der Waals surface area contributed by atoms with E-state index in [1.54, 1.807) is 41.5 Å². The Bertz CT molecular complexity index is 695. The number of amides is 2. The molecule has 12 nitrogen and oxygen atoms in total. The highest BCUT2D eigenvalue weighted by Crippen LogP contribution is 2.13. The number of rotatable bonds is 20. The Morgan fingerprint density at radius 2 is 1.26 bits per heavy atom. The normalized spacial score (nSPS) is 12.5. The van der Waals surface area contributed by atoms with Gasteiger partial charge < -0.3 is 43.4 Å². The van der Waals surface area contributed by atoms with Crippen molar-refractivity contribution < 1.29 is 47.6 Å². The molecule has 0 aliphatic carbocycles. The van der Waals surface area contributed by atoms with Crippen LogP contribution in [0.3, 0.4) is 0 Å². The summed E-state index contributed by atoms with van der Waals surface area (Å²) in [5, 5.41) is 2.60. The van der Waals surface area contributed by atoms with Gasteiger partial charge in [0.05, 0.1) is 65.8 Å². The van der Waals surface area contributed by atoms with Gasteiger partial charge in [-0.15, -0.1) is 0 Å². The Labute approximate surface area is 231 Å². The van der Waals surface area contributed by atoms with E-state index in [0.717, 1.165) is 4.90 Å². The summed E-state index contributed by atoms with van der Waals surface area (Å²) in [7, 11) is 0. The topological polar surface area (TPSA) is 139 Å². The molecule has 0 heterocycles. The van der Waals surface area contributed by atoms with Gasteiger partial charge in [0, 0.05) is 12.3 Å². The molecular weight excluding hydrogens is 520 g/mol. The van der Waals surface area contributed by atoms with Crippen molar-refractivity contribution in [2.24, 2.45) is 0 Å². The molecule has 0 aliphatic heterocycles. The van der Waals surface area contributed by atoms with Crippen LogP contribution in [0.25, 0.3) is 0 Å². The van der Waals surface area contributed by atoms with E-state index in [4.69, 9.17) is 28.4 Å². The molecule has 0 fully saturated rings. The molecule has 0 saturated carbocycles. The molecule has 2 amide bonds. The van der Waals surface area contributed by atoms with Crippen LogP contribution in [0.5, 0.6) is 0 Å². The zero-order chi connectivity index (χ0) is 29.0. The van der Waals surface area contributed by atoms with Gasteiger partial charge in [0.15, 0.2) is 0 Å². The molecule has 0 rings (SSSR count). The third-order valence-corrected chi connectivity index (χ3v) is 4.66. The number of aldehydes is 1. The maximum Gasteiger partial charge on any atom is 0.407 e. The molecule has 1 N–H and O–H groups in total. The molecule has 0 aromatic rings. The summed E-state index contributed by atoms with van der Waals surface area (Å²) in [5.74, 6) is -0.983. The maximum absolute atomic E-state index is 12.6. The van der Waals surface area contributed by atoms with Crippen molar-refractivity contribution in [2.45, 2.75) is 65.2 Å². The Hall–Kier alpha value is -1.93. The lowest BCUT2D eigenvalue weighted by atomic mass is 10.2. The molecule has 0 radical (unpaired) electrons. The number of carbonyl (C=O) groups excluding carboxylic acids is 4. The average molecular weight is 567 g/mol. The van der Waals surface area contributed by atoms with Crippen molar-refractivity contribution in [2.75, 3.05) is 71.7 Å². The van der Waals surface area contributed by atoms with Crippen LogP contribution in [0.2, 0.25) is 0 Å². The van der Waals surface area contributed by atoms with E-state index in [0.29, 0.717) is 52.5 Å². The standard InChI is InChI=1S/C25H46N2O10S/c1-24(2,3)36-22(30)20(19-38)27(9-10-28)21(29)7-11-32-13-15-34-17-18-35-16-14-33-12-8-26-23(31)37-25(4,5)6/h10,20,38H,7-9,11-19H2,1-6H3,(H,26,31)/t20-/m0/s1. The average Bonchev–Trinajstić information content (AvgIpc) is 2.79. The van der Waals surface area contributed by atoms with Crippen LogP contribution < -0.4 is 5.32 Å². The van der Waals surface area contributed by atoms with Crippen LogP contribution >= 0.6 is 12.6 Å². The third-order valence-electron chi connectivity index (χ3n) is 4.31. The number of thiol groups is 1. The minimum absolute atomic E-state index is 0.00266. The molecule has 13 heteroatoms. The Morgan fingerprint density at radius 3 is 1.71 bits per heavy atom. The lowest BCUT2D eigenvalue weighted by molar-refractivity contribution is -0.164. The van der Waals surface area contributed by atoms with Crippen LogP contribution in [0.1, 0.15) is 48.0 Å². The summed E-state index contributed by atoms with van der Waals surface area (Å²) in [6.45, 7) is 13.2. The fourth-order valence-corrected chi connectivity index (χ4v) is 3.10. The molecule has 222 valence electrons. The summed E-state index contributed by atoms with van der Waals surface area (Å²) in [6, 6.07) is -0.960. The van der Waals surface area contributed by atoms with Crippen LogP contribution in [0.4, 0.5) is 4.79 Å². The Kier molecular flexibility index (Phi) is 19.0. The fraction of sp³-hybridized carbons (Fsp3) is 0.840. The number of alkyl carbamates (subject to hydrolysis) is 1. The first kappa shape index (κ1) is 36.1. The second-order valence-electron chi connectivity index (χ2n) is 10.1. The van der Waals surface area contributed by atoms with Gasteiger partial charge in [0.2, 0.25) is 5.91 Å². The number of nitrogens with one attached hydrogen (secondary N) is 1. The maximum atomic E-state index is 12.6. The first-order valence-corrected chi connectivity index (χ1v) is 13.3. The largest absolute Gasteiger partial charge is 0.458 e. The molecule has 0 spiro atoms. The molecule has 0 aromatic heterocycles. The van der Waals surface area contributed by atoms with Crippen molar-refractivity contribution in [1.82, 2.24) is 10.2 Å². The van der Waals surface area contributed by atoms with Gasteiger partial charge >= 0.3 is 12.1 Å². The smallest absolute Gasteiger partial charge is 0.407 e. The minimum atomic E-state index is -0.960. The second kappa shape index (κ2) is 20.0. The number of esters is 1. The fourth-order valence-electron chi connectivity index (χ4n) is 2.76. The molecule has 0 unspecified atom stereocenters. The predicted octanol–water partition coefficient (Wildman–Crippen LogP) is 1.64. The van der Waals surface area contributed by atoms with E-state index < -0.39 is 35.2 Å². The first-order valence-electron chi connectivity index (χ1n) is 12.7. The summed E-state index contributed by atoms with van der Waals surface area (Å²) in [6.07, 6.45) is 0.0772. The first-order chi connectivity index (χ1) is 17.8. The summed E-state index contributed by atoms with van der Waals surface area (Å²) in [4.78, 5) is 48.7. The van der Waals surface area contributed by atoms with Gasteiger partial charge in [-0.3, -0.25) is 4.79 Å². The van der Waals surface area contributed by atoms with E-state index in [1.807, 2.05) is 0 Å².